The fourth-order valence-corrected chi connectivity index (χ4v) is 2.59. The van der Waals surface area contributed by atoms with Gasteiger partial charge in [0.15, 0.2) is 0 Å². The van der Waals surface area contributed by atoms with Gasteiger partial charge in [-0.05, 0) is 32.1 Å². The second-order valence-electron chi connectivity index (χ2n) is 5.87. The van der Waals surface area contributed by atoms with Crippen LogP contribution in [0.1, 0.15) is 34.1 Å². The molecule has 1 aliphatic heterocycles. The highest BCUT2D eigenvalue weighted by Gasteiger charge is 2.36. The Balaban J connectivity index is 2.55. The molecule has 100 valence electrons. The lowest BCUT2D eigenvalue weighted by Gasteiger charge is -2.31. The maximum atomic E-state index is 11.5. The summed E-state index contributed by atoms with van der Waals surface area (Å²) < 4.78 is 4.74. The van der Waals surface area contributed by atoms with E-state index in [4.69, 9.17) is 10.5 Å². The minimum atomic E-state index is -0.886. The van der Waals surface area contributed by atoms with E-state index in [2.05, 4.69) is 25.7 Å². The molecule has 4 heteroatoms. The Hall–Kier alpha value is -0.610. The smallest absolute Gasteiger partial charge is 0.325 e. The number of carbonyl (C=O) groups excluding carboxylic acids is 1. The summed E-state index contributed by atoms with van der Waals surface area (Å²) in [5.41, 5.74) is 5.12. The number of hydrogen-bond acceptors (Lipinski definition) is 4. The summed E-state index contributed by atoms with van der Waals surface area (Å²) in [5, 5.41) is 0. The van der Waals surface area contributed by atoms with Crippen LogP contribution >= 0.6 is 0 Å². The first kappa shape index (κ1) is 14.5. The van der Waals surface area contributed by atoms with Crippen molar-refractivity contribution in [1.82, 2.24) is 4.90 Å². The molecule has 0 saturated carbocycles. The Morgan fingerprint density at radius 2 is 1.94 bits per heavy atom. The third kappa shape index (κ3) is 3.42. The Morgan fingerprint density at radius 1 is 1.47 bits per heavy atom. The van der Waals surface area contributed by atoms with Gasteiger partial charge in [-0.2, -0.15) is 0 Å². The first-order chi connectivity index (χ1) is 7.77. The standard InChI is InChI=1S/C13H26N2O2/c1-9-7-15(8-10(9)2)11(3)6-13(4,14)12(16)17-5/h9-11H,6-8,14H2,1-5H3. The van der Waals surface area contributed by atoms with Crippen LogP contribution in [-0.4, -0.2) is 42.6 Å². The Kier molecular flexibility index (Phi) is 4.55. The lowest BCUT2D eigenvalue weighted by molar-refractivity contribution is -0.147. The number of nitrogens with zero attached hydrogens (tertiary/aromatic N) is 1. The van der Waals surface area contributed by atoms with Gasteiger partial charge in [-0.1, -0.05) is 13.8 Å². The number of likely N-dealkylation sites (tertiary alicyclic amines) is 1. The van der Waals surface area contributed by atoms with Crippen molar-refractivity contribution in [2.75, 3.05) is 20.2 Å². The van der Waals surface area contributed by atoms with Crippen LogP contribution in [0.4, 0.5) is 0 Å². The van der Waals surface area contributed by atoms with Gasteiger partial charge in [0, 0.05) is 19.1 Å². The summed E-state index contributed by atoms with van der Waals surface area (Å²) in [7, 11) is 1.39. The molecule has 1 rings (SSSR count). The molecule has 4 nitrogen and oxygen atoms in total. The van der Waals surface area contributed by atoms with Gasteiger partial charge in [-0.3, -0.25) is 4.79 Å². The largest absolute Gasteiger partial charge is 0.468 e. The van der Waals surface area contributed by atoms with E-state index in [0.29, 0.717) is 12.5 Å². The number of carbonyl (C=O) groups is 1. The Labute approximate surface area is 104 Å². The van der Waals surface area contributed by atoms with Crippen molar-refractivity contribution >= 4 is 5.97 Å². The highest BCUT2D eigenvalue weighted by atomic mass is 16.5. The van der Waals surface area contributed by atoms with Gasteiger partial charge in [0.2, 0.25) is 0 Å². The van der Waals surface area contributed by atoms with Gasteiger partial charge in [0.25, 0.3) is 0 Å². The van der Waals surface area contributed by atoms with E-state index < -0.39 is 5.54 Å². The van der Waals surface area contributed by atoms with Gasteiger partial charge in [-0.25, -0.2) is 0 Å². The normalized spacial score (nSPS) is 30.9. The average Bonchev–Trinajstić information content (AvgIpc) is 2.57. The molecule has 2 N–H and O–H groups in total. The quantitative estimate of drug-likeness (QED) is 0.754. The molecule has 1 aliphatic rings. The summed E-state index contributed by atoms with van der Waals surface area (Å²) in [6.45, 7) is 10.6. The summed E-state index contributed by atoms with van der Waals surface area (Å²) >= 11 is 0. The van der Waals surface area contributed by atoms with Crippen LogP contribution in [0.15, 0.2) is 0 Å². The third-order valence-electron chi connectivity index (χ3n) is 4.01. The second kappa shape index (κ2) is 5.36. The molecular formula is C13H26N2O2. The highest BCUT2D eigenvalue weighted by molar-refractivity contribution is 5.79. The topological polar surface area (TPSA) is 55.6 Å². The molecule has 1 saturated heterocycles. The first-order valence-electron chi connectivity index (χ1n) is 6.39. The zero-order valence-corrected chi connectivity index (χ0v) is 11.7. The molecule has 17 heavy (non-hydrogen) atoms. The van der Waals surface area contributed by atoms with Gasteiger partial charge in [0.1, 0.15) is 5.54 Å². The van der Waals surface area contributed by atoms with Crippen LogP contribution in [0.5, 0.6) is 0 Å². The SMILES string of the molecule is COC(=O)C(C)(N)CC(C)N1CC(C)C(C)C1. The monoisotopic (exact) mass is 242 g/mol. The van der Waals surface area contributed by atoms with Crippen LogP contribution in [0.3, 0.4) is 0 Å². The van der Waals surface area contributed by atoms with E-state index in [1.54, 1.807) is 6.92 Å². The Bertz CT molecular complexity index is 269. The van der Waals surface area contributed by atoms with Crippen molar-refractivity contribution in [3.05, 3.63) is 0 Å². The Morgan fingerprint density at radius 3 is 2.35 bits per heavy atom. The van der Waals surface area contributed by atoms with Crippen molar-refractivity contribution in [3.63, 3.8) is 0 Å². The van der Waals surface area contributed by atoms with E-state index in [1.165, 1.54) is 7.11 Å². The minimum Gasteiger partial charge on any atom is -0.468 e. The first-order valence-corrected chi connectivity index (χ1v) is 6.39. The molecule has 0 spiro atoms. The number of esters is 1. The fraction of sp³-hybridized carbons (Fsp3) is 0.923. The molecule has 0 aromatic rings. The number of hydrogen-bond donors (Lipinski definition) is 1. The van der Waals surface area contributed by atoms with E-state index in [0.717, 1.165) is 24.9 Å². The maximum absolute atomic E-state index is 11.5. The van der Waals surface area contributed by atoms with Crippen molar-refractivity contribution in [1.29, 1.82) is 0 Å². The fourth-order valence-electron chi connectivity index (χ4n) is 2.59. The van der Waals surface area contributed by atoms with Crippen molar-refractivity contribution in [2.24, 2.45) is 17.6 Å². The van der Waals surface area contributed by atoms with E-state index in [9.17, 15) is 4.79 Å². The van der Waals surface area contributed by atoms with Crippen LogP contribution in [-0.2, 0) is 9.53 Å². The van der Waals surface area contributed by atoms with Crippen LogP contribution in [0, 0.1) is 11.8 Å². The van der Waals surface area contributed by atoms with Crippen molar-refractivity contribution < 1.29 is 9.53 Å². The summed E-state index contributed by atoms with van der Waals surface area (Å²) in [6.07, 6.45) is 0.638. The number of rotatable bonds is 4. The van der Waals surface area contributed by atoms with Crippen molar-refractivity contribution in [3.8, 4) is 0 Å². The molecule has 0 amide bonds. The molecule has 0 aromatic heterocycles. The van der Waals surface area contributed by atoms with Gasteiger partial charge < -0.3 is 15.4 Å². The predicted molar refractivity (Wildman–Crippen MR) is 68.6 cm³/mol. The predicted octanol–water partition coefficient (Wildman–Crippen LogP) is 1.24. The average molecular weight is 242 g/mol. The van der Waals surface area contributed by atoms with E-state index in [1.807, 2.05) is 0 Å². The zero-order chi connectivity index (χ0) is 13.2. The second-order valence-corrected chi connectivity index (χ2v) is 5.87. The molecule has 1 heterocycles. The minimum absolute atomic E-state index is 0.316. The number of nitrogens with two attached hydrogens (primary N) is 1. The molecular weight excluding hydrogens is 216 g/mol. The third-order valence-corrected chi connectivity index (χ3v) is 4.01. The van der Waals surface area contributed by atoms with Crippen LogP contribution in [0.25, 0.3) is 0 Å². The highest BCUT2D eigenvalue weighted by Crippen LogP contribution is 2.26. The van der Waals surface area contributed by atoms with E-state index in [-0.39, 0.29) is 5.97 Å². The van der Waals surface area contributed by atoms with Gasteiger partial charge in [0.05, 0.1) is 7.11 Å². The van der Waals surface area contributed by atoms with E-state index >= 15 is 0 Å². The lowest BCUT2D eigenvalue weighted by Crippen LogP contribution is -2.50. The lowest BCUT2D eigenvalue weighted by atomic mass is 9.94. The maximum Gasteiger partial charge on any atom is 0.325 e. The molecule has 4 atom stereocenters. The summed E-state index contributed by atoms with van der Waals surface area (Å²) in [4.78, 5) is 14.0. The molecule has 0 aliphatic carbocycles. The zero-order valence-electron chi connectivity index (χ0n) is 11.7. The number of methoxy groups -OCH3 is 1. The molecule has 4 unspecified atom stereocenters. The van der Waals surface area contributed by atoms with Gasteiger partial charge in [-0.15, -0.1) is 0 Å². The van der Waals surface area contributed by atoms with Crippen LogP contribution in [0.2, 0.25) is 0 Å². The molecule has 0 radical (unpaired) electrons. The summed E-state index contributed by atoms with van der Waals surface area (Å²) in [5.74, 6) is 1.11. The molecule has 0 bridgehead atoms. The van der Waals surface area contributed by atoms with Crippen LogP contribution < -0.4 is 5.73 Å². The summed E-state index contributed by atoms with van der Waals surface area (Å²) in [6, 6.07) is 0.316. The molecule has 1 fully saturated rings. The van der Waals surface area contributed by atoms with Crippen molar-refractivity contribution in [2.45, 2.75) is 45.7 Å². The number of ether oxygens (including phenoxy) is 1. The van der Waals surface area contributed by atoms with Gasteiger partial charge >= 0.3 is 5.97 Å². The molecule has 0 aromatic carbocycles.